The molecule has 3 heteroatoms. The van der Waals surface area contributed by atoms with Crippen molar-refractivity contribution in [3.63, 3.8) is 0 Å². The molecule has 92 valence electrons. The molecule has 3 nitrogen and oxygen atoms in total. The predicted octanol–water partition coefficient (Wildman–Crippen LogP) is 2.90. The molecule has 0 aliphatic heterocycles. The van der Waals surface area contributed by atoms with E-state index in [0.29, 0.717) is 16.9 Å². The van der Waals surface area contributed by atoms with Gasteiger partial charge in [0.1, 0.15) is 5.75 Å². The van der Waals surface area contributed by atoms with Crippen molar-refractivity contribution in [2.24, 2.45) is 0 Å². The molecule has 0 radical (unpaired) electrons. The van der Waals surface area contributed by atoms with E-state index < -0.39 is 6.10 Å². The molecule has 17 heavy (non-hydrogen) atoms. The number of aliphatic hydroxyl groups excluding tert-OH is 1. The fourth-order valence-electron chi connectivity index (χ4n) is 1.52. The monoisotopic (exact) mass is 234 g/mol. The maximum Gasteiger partial charge on any atom is 0.189 e. The van der Waals surface area contributed by atoms with Crippen LogP contribution in [0.5, 0.6) is 5.75 Å². The average Bonchev–Trinajstić information content (AvgIpc) is 2.27. The van der Waals surface area contributed by atoms with Crippen LogP contribution < -0.4 is 4.74 Å². The number of rotatable bonds is 4. The van der Waals surface area contributed by atoms with Crippen molar-refractivity contribution in [3.8, 4) is 5.75 Å². The number of benzene rings is 1. The van der Waals surface area contributed by atoms with Crippen molar-refractivity contribution < 1.29 is 14.6 Å². The molecule has 1 unspecified atom stereocenters. The first-order valence-electron chi connectivity index (χ1n) is 5.51. The van der Waals surface area contributed by atoms with Gasteiger partial charge in [0.2, 0.25) is 0 Å². The maximum absolute atomic E-state index is 12.0. The molecule has 0 amide bonds. The van der Waals surface area contributed by atoms with Crippen molar-refractivity contribution in [2.75, 3.05) is 7.11 Å². The number of hydrogen-bond donors (Lipinski definition) is 1. The Morgan fingerprint density at radius 2 is 2.06 bits per heavy atom. The van der Waals surface area contributed by atoms with Crippen LogP contribution in [0.4, 0.5) is 0 Å². The largest absolute Gasteiger partial charge is 0.496 e. The highest BCUT2D eigenvalue weighted by Gasteiger charge is 2.12. The molecule has 1 aromatic rings. The molecular formula is C14H18O3. The van der Waals surface area contributed by atoms with E-state index in [9.17, 15) is 9.90 Å². The maximum atomic E-state index is 12.0. The van der Waals surface area contributed by atoms with Crippen LogP contribution in [0.25, 0.3) is 0 Å². The van der Waals surface area contributed by atoms with Gasteiger partial charge in [-0.3, -0.25) is 4.79 Å². The van der Waals surface area contributed by atoms with Gasteiger partial charge in [0.25, 0.3) is 0 Å². The Morgan fingerprint density at radius 3 is 2.53 bits per heavy atom. The zero-order valence-electron chi connectivity index (χ0n) is 10.7. The fourth-order valence-corrected chi connectivity index (χ4v) is 1.52. The van der Waals surface area contributed by atoms with Crippen LogP contribution in [0.2, 0.25) is 0 Å². The van der Waals surface area contributed by atoms with Gasteiger partial charge in [0.15, 0.2) is 5.78 Å². The normalized spacial score (nSPS) is 11.8. The van der Waals surface area contributed by atoms with E-state index in [0.717, 1.165) is 5.57 Å². The number of hydrogen-bond acceptors (Lipinski definition) is 3. The number of aliphatic hydroxyl groups is 1. The summed E-state index contributed by atoms with van der Waals surface area (Å²) in [5.41, 5.74) is 2.11. The molecule has 1 N–H and O–H groups in total. The summed E-state index contributed by atoms with van der Waals surface area (Å²) in [6, 6.07) is 5.13. The van der Waals surface area contributed by atoms with Crippen LogP contribution in [-0.4, -0.2) is 18.0 Å². The zero-order valence-corrected chi connectivity index (χ0v) is 10.7. The summed E-state index contributed by atoms with van der Waals surface area (Å²) in [7, 11) is 1.52. The van der Waals surface area contributed by atoms with Gasteiger partial charge in [-0.2, -0.15) is 0 Å². The van der Waals surface area contributed by atoms with Crippen molar-refractivity contribution >= 4 is 5.78 Å². The summed E-state index contributed by atoms with van der Waals surface area (Å²) in [5.74, 6) is 0.418. The van der Waals surface area contributed by atoms with Gasteiger partial charge in [0, 0.05) is 0 Å². The van der Waals surface area contributed by atoms with Crippen LogP contribution in [0.3, 0.4) is 0 Å². The molecule has 0 fully saturated rings. The summed E-state index contributed by atoms with van der Waals surface area (Å²) in [6.45, 7) is 5.39. The van der Waals surface area contributed by atoms with E-state index in [2.05, 4.69) is 0 Å². The molecule has 0 spiro atoms. The van der Waals surface area contributed by atoms with Crippen LogP contribution in [0.15, 0.2) is 29.8 Å². The first kappa shape index (κ1) is 13.5. The number of carbonyl (C=O) groups excluding carboxylic acids is 1. The van der Waals surface area contributed by atoms with Crippen LogP contribution in [-0.2, 0) is 0 Å². The van der Waals surface area contributed by atoms with Crippen molar-refractivity contribution in [1.82, 2.24) is 0 Å². The molecule has 0 aromatic heterocycles. The SMILES string of the molecule is COc1ccc(C(C)O)cc1C(=O)C=C(C)C. The van der Waals surface area contributed by atoms with Crippen molar-refractivity contribution in [1.29, 1.82) is 0 Å². The highest BCUT2D eigenvalue weighted by Crippen LogP contribution is 2.24. The minimum Gasteiger partial charge on any atom is -0.496 e. The van der Waals surface area contributed by atoms with Crippen molar-refractivity contribution in [3.05, 3.63) is 41.0 Å². The third-order valence-electron chi connectivity index (χ3n) is 2.39. The van der Waals surface area contributed by atoms with Gasteiger partial charge in [-0.1, -0.05) is 11.6 Å². The Bertz CT molecular complexity index is 441. The first-order chi connectivity index (χ1) is 7.95. The topological polar surface area (TPSA) is 46.5 Å². The quantitative estimate of drug-likeness (QED) is 0.643. The van der Waals surface area contributed by atoms with Gasteiger partial charge in [-0.25, -0.2) is 0 Å². The van der Waals surface area contributed by atoms with Gasteiger partial charge >= 0.3 is 0 Å². The molecule has 0 bridgehead atoms. The summed E-state index contributed by atoms with van der Waals surface area (Å²) in [5, 5.41) is 9.51. The van der Waals surface area contributed by atoms with Gasteiger partial charge in [-0.15, -0.1) is 0 Å². The zero-order chi connectivity index (χ0) is 13.0. The lowest BCUT2D eigenvalue weighted by Crippen LogP contribution is -2.02. The lowest BCUT2D eigenvalue weighted by Gasteiger charge is -2.10. The minimum atomic E-state index is -0.598. The van der Waals surface area contributed by atoms with Crippen LogP contribution in [0.1, 0.15) is 42.8 Å². The summed E-state index contributed by atoms with van der Waals surface area (Å²) in [4.78, 5) is 12.0. The Balaban J connectivity index is 3.23. The van der Waals surface area contributed by atoms with E-state index >= 15 is 0 Å². The molecule has 1 rings (SSSR count). The first-order valence-corrected chi connectivity index (χ1v) is 5.51. The Morgan fingerprint density at radius 1 is 1.41 bits per heavy atom. The Labute approximate surface area is 102 Å². The molecule has 0 aliphatic rings. The highest BCUT2D eigenvalue weighted by atomic mass is 16.5. The number of methoxy groups -OCH3 is 1. The summed E-state index contributed by atoms with van der Waals surface area (Å²) in [6.07, 6.45) is 0.961. The Kier molecular flexibility index (Phi) is 4.46. The van der Waals surface area contributed by atoms with E-state index in [1.165, 1.54) is 7.11 Å². The van der Waals surface area contributed by atoms with Gasteiger partial charge in [-0.05, 0) is 44.5 Å². The summed E-state index contributed by atoms with van der Waals surface area (Å²) >= 11 is 0. The van der Waals surface area contributed by atoms with Crippen molar-refractivity contribution in [2.45, 2.75) is 26.9 Å². The second-order valence-electron chi connectivity index (χ2n) is 4.22. The third-order valence-corrected chi connectivity index (χ3v) is 2.39. The Hall–Kier alpha value is -1.61. The molecule has 0 saturated heterocycles. The number of allylic oxidation sites excluding steroid dienone is 2. The number of ether oxygens (including phenoxy) is 1. The van der Waals surface area contributed by atoms with Gasteiger partial charge in [0.05, 0.1) is 18.8 Å². The third kappa shape index (κ3) is 3.43. The second-order valence-corrected chi connectivity index (χ2v) is 4.22. The lowest BCUT2D eigenvalue weighted by atomic mass is 10.0. The van der Waals surface area contributed by atoms with E-state index in [4.69, 9.17) is 4.74 Å². The fraction of sp³-hybridized carbons (Fsp3) is 0.357. The van der Waals surface area contributed by atoms with E-state index in [1.54, 1.807) is 31.2 Å². The molecule has 1 aromatic carbocycles. The molecule has 1 atom stereocenters. The van der Waals surface area contributed by atoms with Gasteiger partial charge < -0.3 is 9.84 Å². The predicted molar refractivity (Wildman–Crippen MR) is 67.4 cm³/mol. The molecule has 0 saturated carbocycles. The molecule has 0 heterocycles. The highest BCUT2D eigenvalue weighted by molar-refractivity contribution is 6.07. The molecular weight excluding hydrogens is 216 g/mol. The molecule has 0 aliphatic carbocycles. The number of carbonyl (C=O) groups is 1. The smallest absolute Gasteiger partial charge is 0.189 e. The van der Waals surface area contributed by atoms with E-state index in [1.807, 2.05) is 13.8 Å². The standard InChI is InChI=1S/C14H18O3/c1-9(2)7-13(16)12-8-11(10(3)15)5-6-14(12)17-4/h5-8,10,15H,1-4H3. The van der Waals surface area contributed by atoms with Crippen LogP contribution in [0, 0.1) is 0 Å². The lowest BCUT2D eigenvalue weighted by molar-refractivity contribution is 0.104. The minimum absolute atomic E-state index is 0.107. The average molecular weight is 234 g/mol. The van der Waals surface area contributed by atoms with E-state index in [-0.39, 0.29) is 5.78 Å². The number of ketones is 1. The second kappa shape index (κ2) is 5.64. The summed E-state index contributed by atoms with van der Waals surface area (Å²) < 4.78 is 5.15. The van der Waals surface area contributed by atoms with Crippen LogP contribution >= 0.6 is 0 Å².